The molecule has 84 valence electrons. The molecule has 1 N–H and O–H groups in total. The Morgan fingerprint density at radius 1 is 1.31 bits per heavy atom. The van der Waals surface area contributed by atoms with E-state index < -0.39 is 0 Å². The molecule has 0 aliphatic carbocycles. The van der Waals surface area contributed by atoms with Gasteiger partial charge in [-0.25, -0.2) is 9.97 Å². The van der Waals surface area contributed by atoms with E-state index in [0.717, 1.165) is 28.6 Å². The fourth-order valence-electron chi connectivity index (χ4n) is 1.66. The highest BCUT2D eigenvalue weighted by atomic mass is 16.3. The summed E-state index contributed by atoms with van der Waals surface area (Å²) in [7, 11) is 0. The Kier molecular flexibility index (Phi) is 2.70. The molecule has 2 aromatic heterocycles. The van der Waals surface area contributed by atoms with Crippen LogP contribution in [0.15, 0.2) is 12.3 Å². The molecular formula is C11H14N4O. The van der Waals surface area contributed by atoms with Gasteiger partial charge >= 0.3 is 0 Å². The molecule has 0 unspecified atom stereocenters. The zero-order valence-electron chi connectivity index (χ0n) is 9.60. The van der Waals surface area contributed by atoms with Crippen LogP contribution in [0.25, 0.3) is 5.82 Å². The third kappa shape index (κ3) is 1.81. The standard InChI is InChI=1S/C11H14N4O/c1-7-4-10(6-16)5-12-11(7)15-9(3)13-8(2)14-15/h4-5,16H,6H2,1-3H3. The lowest BCUT2D eigenvalue weighted by Crippen LogP contribution is -2.05. The Morgan fingerprint density at radius 3 is 2.56 bits per heavy atom. The maximum absolute atomic E-state index is 9.01. The lowest BCUT2D eigenvalue weighted by atomic mass is 10.2. The van der Waals surface area contributed by atoms with Gasteiger partial charge in [-0.3, -0.25) is 0 Å². The van der Waals surface area contributed by atoms with Crippen LogP contribution >= 0.6 is 0 Å². The second-order valence-corrected chi connectivity index (χ2v) is 3.76. The number of aryl methyl sites for hydroxylation is 3. The molecule has 2 rings (SSSR count). The van der Waals surface area contributed by atoms with Crippen molar-refractivity contribution in [2.75, 3.05) is 0 Å². The van der Waals surface area contributed by atoms with Crippen molar-refractivity contribution in [1.29, 1.82) is 0 Å². The van der Waals surface area contributed by atoms with Gasteiger partial charge in [-0.1, -0.05) is 0 Å². The van der Waals surface area contributed by atoms with E-state index in [-0.39, 0.29) is 6.61 Å². The topological polar surface area (TPSA) is 63.8 Å². The Morgan fingerprint density at radius 2 is 2.06 bits per heavy atom. The van der Waals surface area contributed by atoms with E-state index in [4.69, 9.17) is 5.11 Å². The average Bonchev–Trinajstić information content (AvgIpc) is 2.57. The zero-order chi connectivity index (χ0) is 11.7. The summed E-state index contributed by atoms with van der Waals surface area (Å²) in [5, 5.41) is 13.3. The largest absolute Gasteiger partial charge is 0.392 e. The Balaban J connectivity index is 2.52. The smallest absolute Gasteiger partial charge is 0.158 e. The maximum Gasteiger partial charge on any atom is 0.158 e. The Labute approximate surface area is 93.8 Å². The summed E-state index contributed by atoms with van der Waals surface area (Å²) in [6, 6.07) is 1.90. The molecule has 5 heteroatoms. The number of nitrogens with zero attached hydrogens (tertiary/aromatic N) is 4. The van der Waals surface area contributed by atoms with Gasteiger partial charge in [-0.2, -0.15) is 4.68 Å². The molecule has 0 fully saturated rings. The molecular weight excluding hydrogens is 204 g/mol. The van der Waals surface area contributed by atoms with E-state index in [1.165, 1.54) is 0 Å². The molecule has 2 aromatic rings. The van der Waals surface area contributed by atoms with Gasteiger partial charge in [0.15, 0.2) is 5.82 Å². The number of rotatable bonds is 2. The highest BCUT2D eigenvalue weighted by Crippen LogP contribution is 2.13. The van der Waals surface area contributed by atoms with Crippen LogP contribution in [0, 0.1) is 20.8 Å². The molecule has 16 heavy (non-hydrogen) atoms. The van der Waals surface area contributed by atoms with Crippen LogP contribution in [-0.2, 0) is 6.61 Å². The molecule has 2 heterocycles. The molecule has 0 saturated heterocycles. The highest BCUT2D eigenvalue weighted by Gasteiger charge is 2.09. The van der Waals surface area contributed by atoms with E-state index in [1.807, 2.05) is 26.8 Å². The number of aliphatic hydroxyl groups excluding tert-OH is 1. The number of hydrogen-bond donors (Lipinski definition) is 1. The molecule has 0 radical (unpaired) electrons. The van der Waals surface area contributed by atoms with Crippen molar-refractivity contribution >= 4 is 0 Å². The predicted octanol–water partition coefficient (Wildman–Crippen LogP) is 1.08. The van der Waals surface area contributed by atoms with Gasteiger partial charge in [0.1, 0.15) is 11.6 Å². The van der Waals surface area contributed by atoms with E-state index >= 15 is 0 Å². The quantitative estimate of drug-likeness (QED) is 0.819. The van der Waals surface area contributed by atoms with Gasteiger partial charge in [-0.05, 0) is 38.0 Å². The van der Waals surface area contributed by atoms with E-state index in [2.05, 4.69) is 15.1 Å². The monoisotopic (exact) mass is 218 g/mol. The van der Waals surface area contributed by atoms with Gasteiger partial charge in [0.05, 0.1) is 6.61 Å². The minimum atomic E-state index is 0.00346. The van der Waals surface area contributed by atoms with E-state index in [0.29, 0.717) is 0 Å². The fourth-order valence-corrected chi connectivity index (χ4v) is 1.66. The normalized spacial score (nSPS) is 10.8. The maximum atomic E-state index is 9.01. The molecule has 5 nitrogen and oxygen atoms in total. The minimum absolute atomic E-state index is 0.00346. The third-order valence-electron chi connectivity index (χ3n) is 2.37. The van der Waals surface area contributed by atoms with Crippen LogP contribution in [-0.4, -0.2) is 24.9 Å². The van der Waals surface area contributed by atoms with Gasteiger partial charge in [0.2, 0.25) is 0 Å². The van der Waals surface area contributed by atoms with Gasteiger partial charge in [-0.15, -0.1) is 5.10 Å². The van der Waals surface area contributed by atoms with Crippen molar-refractivity contribution in [3.63, 3.8) is 0 Å². The summed E-state index contributed by atoms with van der Waals surface area (Å²) < 4.78 is 1.71. The van der Waals surface area contributed by atoms with Crippen molar-refractivity contribution < 1.29 is 5.11 Å². The van der Waals surface area contributed by atoms with Crippen molar-refractivity contribution in [2.24, 2.45) is 0 Å². The van der Waals surface area contributed by atoms with Crippen molar-refractivity contribution in [3.05, 3.63) is 35.0 Å². The first-order valence-corrected chi connectivity index (χ1v) is 5.09. The van der Waals surface area contributed by atoms with Crippen LogP contribution in [0.1, 0.15) is 22.8 Å². The van der Waals surface area contributed by atoms with Crippen molar-refractivity contribution in [2.45, 2.75) is 27.4 Å². The van der Waals surface area contributed by atoms with Crippen molar-refractivity contribution in [1.82, 2.24) is 19.7 Å². The summed E-state index contributed by atoms with van der Waals surface area (Å²) in [6.45, 7) is 5.68. The molecule has 0 atom stereocenters. The molecule has 0 saturated carbocycles. The Bertz CT molecular complexity index is 519. The van der Waals surface area contributed by atoms with Gasteiger partial charge < -0.3 is 5.11 Å². The lowest BCUT2D eigenvalue weighted by molar-refractivity contribution is 0.281. The SMILES string of the molecule is Cc1nc(C)n(-c2ncc(CO)cc2C)n1. The van der Waals surface area contributed by atoms with E-state index in [1.54, 1.807) is 10.9 Å². The van der Waals surface area contributed by atoms with Gasteiger partial charge in [0.25, 0.3) is 0 Å². The molecule has 0 bridgehead atoms. The summed E-state index contributed by atoms with van der Waals surface area (Å²) in [4.78, 5) is 8.53. The second kappa shape index (κ2) is 4.02. The van der Waals surface area contributed by atoms with Crippen LogP contribution in [0.4, 0.5) is 0 Å². The summed E-state index contributed by atoms with van der Waals surface area (Å²) in [5.74, 6) is 2.30. The van der Waals surface area contributed by atoms with Crippen LogP contribution in [0.5, 0.6) is 0 Å². The summed E-state index contributed by atoms with van der Waals surface area (Å²) in [5.41, 5.74) is 1.77. The molecule has 0 spiro atoms. The van der Waals surface area contributed by atoms with Crippen LogP contribution in [0.2, 0.25) is 0 Å². The first kappa shape index (κ1) is 10.8. The number of aromatic nitrogens is 4. The van der Waals surface area contributed by atoms with Crippen LogP contribution < -0.4 is 0 Å². The van der Waals surface area contributed by atoms with Crippen molar-refractivity contribution in [3.8, 4) is 5.82 Å². The molecule has 0 aliphatic rings. The summed E-state index contributed by atoms with van der Waals surface area (Å²) in [6.07, 6.45) is 1.65. The number of aliphatic hydroxyl groups is 1. The lowest BCUT2D eigenvalue weighted by Gasteiger charge is -2.06. The molecule has 0 amide bonds. The summed E-state index contributed by atoms with van der Waals surface area (Å²) >= 11 is 0. The van der Waals surface area contributed by atoms with Crippen LogP contribution in [0.3, 0.4) is 0 Å². The third-order valence-corrected chi connectivity index (χ3v) is 2.37. The zero-order valence-corrected chi connectivity index (χ0v) is 9.60. The second-order valence-electron chi connectivity index (χ2n) is 3.76. The molecule has 0 aliphatic heterocycles. The first-order chi connectivity index (χ1) is 7.61. The number of hydrogen-bond acceptors (Lipinski definition) is 4. The predicted molar refractivity (Wildman–Crippen MR) is 59.3 cm³/mol. The molecule has 0 aromatic carbocycles. The van der Waals surface area contributed by atoms with Gasteiger partial charge in [0, 0.05) is 6.20 Å². The van der Waals surface area contributed by atoms with E-state index in [9.17, 15) is 0 Å². The highest BCUT2D eigenvalue weighted by molar-refractivity contribution is 5.35. The first-order valence-electron chi connectivity index (χ1n) is 5.09. The number of pyridine rings is 1. The minimum Gasteiger partial charge on any atom is -0.392 e. The fraction of sp³-hybridized carbons (Fsp3) is 0.364. The average molecular weight is 218 g/mol. The Hall–Kier alpha value is -1.75.